The number of aliphatic imine (C=N–C) groups is 1. The van der Waals surface area contributed by atoms with E-state index in [1.165, 1.54) is 6.08 Å². The number of carbonyl (C=O) groups excluding carboxylic acids is 1. The Labute approximate surface area is 88.9 Å². The van der Waals surface area contributed by atoms with Crippen molar-refractivity contribution in [1.29, 1.82) is 0 Å². The lowest BCUT2D eigenvalue weighted by molar-refractivity contribution is 0.0375. The molecular weight excluding hydrogens is 192 g/mol. The Bertz CT molecular complexity index is 359. The maximum Gasteiger partial charge on any atom is 0.240 e. The van der Waals surface area contributed by atoms with Crippen molar-refractivity contribution in [3.63, 3.8) is 0 Å². The highest BCUT2D eigenvalue weighted by Crippen LogP contribution is 2.17. The summed E-state index contributed by atoms with van der Waals surface area (Å²) in [5.41, 5.74) is 3.95. The molecule has 0 saturated carbocycles. The fourth-order valence-electron chi connectivity index (χ4n) is 0.869. The van der Waals surface area contributed by atoms with Gasteiger partial charge in [-0.3, -0.25) is 10.3 Å². The molecule has 0 amide bonds. The first-order valence-electron chi connectivity index (χ1n) is 4.63. The van der Waals surface area contributed by atoms with Crippen LogP contribution in [0.1, 0.15) is 20.8 Å². The van der Waals surface area contributed by atoms with E-state index in [0.29, 0.717) is 5.69 Å². The molecule has 0 bridgehead atoms. The van der Waals surface area contributed by atoms with Gasteiger partial charge in [0, 0.05) is 0 Å². The molecule has 1 N–H and O–H groups in total. The monoisotopic (exact) mass is 206 g/mol. The zero-order chi connectivity index (χ0) is 11.3. The molecule has 4 nitrogen and oxygen atoms in total. The van der Waals surface area contributed by atoms with Crippen molar-refractivity contribution in [3.05, 3.63) is 24.3 Å². The number of benzene rings is 1. The molecule has 1 aromatic carbocycles. The maximum atomic E-state index is 9.98. The van der Waals surface area contributed by atoms with Crippen LogP contribution in [0.5, 0.6) is 0 Å². The van der Waals surface area contributed by atoms with Crippen LogP contribution in [0.3, 0.4) is 0 Å². The van der Waals surface area contributed by atoms with Crippen LogP contribution in [0.25, 0.3) is 0 Å². The SMILES string of the molecule is CC(C)(C)ONc1ccc(N=C=O)cc1. The zero-order valence-corrected chi connectivity index (χ0v) is 9.07. The van der Waals surface area contributed by atoms with E-state index in [4.69, 9.17) is 4.84 Å². The summed E-state index contributed by atoms with van der Waals surface area (Å²) in [4.78, 5) is 18.8. The smallest absolute Gasteiger partial charge is 0.240 e. The number of nitrogens with one attached hydrogen (secondary N) is 1. The van der Waals surface area contributed by atoms with E-state index >= 15 is 0 Å². The summed E-state index contributed by atoms with van der Waals surface area (Å²) in [7, 11) is 0. The van der Waals surface area contributed by atoms with Crippen molar-refractivity contribution < 1.29 is 9.63 Å². The van der Waals surface area contributed by atoms with Crippen LogP contribution >= 0.6 is 0 Å². The molecule has 1 aromatic rings. The Hall–Kier alpha value is -1.64. The number of rotatable bonds is 3. The molecule has 0 heterocycles. The highest BCUT2D eigenvalue weighted by Gasteiger charge is 2.09. The lowest BCUT2D eigenvalue weighted by atomic mass is 10.2. The third-order valence-electron chi connectivity index (χ3n) is 1.52. The Morgan fingerprint density at radius 1 is 1.27 bits per heavy atom. The van der Waals surface area contributed by atoms with Gasteiger partial charge in [0.1, 0.15) is 0 Å². The number of nitrogens with zero attached hydrogens (tertiary/aromatic N) is 1. The summed E-state index contributed by atoms with van der Waals surface area (Å²) in [6, 6.07) is 6.97. The van der Waals surface area contributed by atoms with Crippen LogP contribution in [0.4, 0.5) is 11.4 Å². The summed E-state index contributed by atoms with van der Waals surface area (Å²) in [5, 5.41) is 0. The van der Waals surface area contributed by atoms with E-state index in [1.807, 2.05) is 20.8 Å². The number of hydrogen-bond acceptors (Lipinski definition) is 4. The second kappa shape index (κ2) is 4.73. The van der Waals surface area contributed by atoms with Gasteiger partial charge in [-0.05, 0) is 45.0 Å². The van der Waals surface area contributed by atoms with E-state index < -0.39 is 0 Å². The molecule has 80 valence electrons. The summed E-state index contributed by atoms with van der Waals surface area (Å²) >= 11 is 0. The van der Waals surface area contributed by atoms with Crippen LogP contribution in [-0.4, -0.2) is 11.7 Å². The summed E-state index contributed by atoms with van der Waals surface area (Å²) in [6.07, 6.45) is 1.48. The Balaban J connectivity index is 2.61. The Morgan fingerprint density at radius 3 is 2.33 bits per heavy atom. The molecule has 0 aliphatic heterocycles. The minimum Gasteiger partial charge on any atom is -0.270 e. The molecule has 0 aliphatic rings. The predicted molar refractivity (Wildman–Crippen MR) is 58.7 cm³/mol. The largest absolute Gasteiger partial charge is 0.270 e. The first kappa shape index (κ1) is 11.4. The second-order valence-electron chi connectivity index (χ2n) is 4.07. The summed E-state index contributed by atoms with van der Waals surface area (Å²) < 4.78 is 0. The molecule has 0 radical (unpaired) electrons. The molecule has 0 fully saturated rings. The van der Waals surface area contributed by atoms with Crippen LogP contribution in [0.15, 0.2) is 29.3 Å². The number of hydrogen-bond donors (Lipinski definition) is 1. The van der Waals surface area contributed by atoms with Gasteiger partial charge in [0.15, 0.2) is 0 Å². The quantitative estimate of drug-likeness (QED) is 0.470. The number of isocyanates is 1. The third kappa shape index (κ3) is 4.40. The molecule has 0 unspecified atom stereocenters. The first-order chi connectivity index (χ1) is 7.01. The fraction of sp³-hybridized carbons (Fsp3) is 0.364. The molecule has 0 aliphatic carbocycles. The van der Waals surface area contributed by atoms with Crippen LogP contribution in [0.2, 0.25) is 0 Å². The van der Waals surface area contributed by atoms with Gasteiger partial charge < -0.3 is 0 Å². The zero-order valence-electron chi connectivity index (χ0n) is 9.07. The van der Waals surface area contributed by atoms with E-state index in [2.05, 4.69) is 10.5 Å². The molecular formula is C11H14N2O2. The minimum atomic E-state index is -0.250. The van der Waals surface area contributed by atoms with Gasteiger partial charge in [0.2, 0.25) is 6.08 Å². The summed E-state index contributed by atoms with van der Waals surface area (Å²) in [6.45, 7) is 5.85. The molecule has 0 atom stereocenters. The van der Waals surface area contributed by atoms with E-state index in [-0.39, 0.29) is 5.60 Å². The number of anilines is 1. The third-order valence-corrected chi connectivity index (χ3v) is 1.52. The molecule has 4 heteroatoms. The van der Waals surface area contributed by atoms with Crippen molar-refractivity contribution in [2.24, 2.45) is 4.99 Å². The molecule has 0 spiro atoms. The average molecular weight is 206 g/mol. The normalized spacial score (nSPS) is 10.6. The van der Waals surface area contributed by atoms with Gasteiger partial charge in [-0.15, -0.1) is 0 Å². The molecule has 0 saturated heterocycles. The van der Waals surface area contributed by atoms with E-state index in [1.54, 1.807) is 24.3 Å². The molecule has 15 heavy (non-hydrogen) atoms. The van der Waals surface area contributed by atoms with Gasteiger partial charge in [-0.1, -0.05) is 0 Å². The van der Waals surface area contributed by atoms with Gasteiger partial charge in [0.25, 0.3) is 0 Å². The van der Waals surface area contributed by atoms with Crippen molar-refractivity contribution in [1.82, 2.24) is 0 Å². The van der Waals surface area contributed by atoms with Crippen LogP contribution in [-0.2, 0) is 9.63 Å². The molecule has 1 rings (SSSR count). The molecule has 0 aromatic heterocycles. The predicted octanol–water partition coefficient (Wildman–Crippen LogP) is 2.80. The highest BCUT2D eigenvalue weighted by molar-refractivity contribution is 5.54. The Morgan fingerprint density at radius 2 is 1.87 bits per heavy atom. The van der Waals surface area contributed by atoms with Gasteiger partial charge in [-0.2, -0.15) is 4.99 Å². The van der Waals surface area contributed by atoms with E-state index in [0.717, 1.165) is 5.69 Å². The van der Waals surface area contributed by atoms with E-state index in [9.17, 15) is 4.79 Å². The average Bonchev–Trinajstić information content (AvgIpc) is 2.16. The van der Waals surface area contributed by atoms with Crippen molar-refractivity contribution in [2.45, 2.75) is 26.4 Å². The van der Waals surface area contributed by atoms with Gasteiger partial charge in [-0.25, -0.2) is 4.79 Å². The van der Waals surface area contributed by atoms with Crippen molar-refractivity contribution >= 4 is 17.5 Å². The lowest BCUT2D eigenvalue weighted by Gasteiger charge is -2.19. The Kier molecular flexibility index (Phi) is 3.61. The fourth-order valence-corrected chi connectivity index (χ4v) is 0.869. The van der Waals surface area contributed by atoms with Gasteiger partial charge >= 0.3 is 0 Å². The second-order valence-corrected chi connectivity index (χ2v) is 4.07. The minimum absolute atomic E-state index is 0.250. The van der Waals surface area contributed by atoms with Gasteiger partial charge in [0.05, 0.1) is 17.0 Å². The standard InChI is InChI=1S/C11H14N2O2/c1-11(2,3)15-13-10-6-4-9(5-7-10)12-8-14/h4-7,13H,1-3H3. The van der Waals surface area contributed by atoms with Crippen LogP contribution in [0, 0.1) is 0 Å². The first-order valence-corrected chi connectivity index (χ1v) is 4.63. The highest BCUT2D eigenvalue weighted by atomic mass is 16.7. The van der Waals surface area contributed by atoms with Crippen molar-refractivity contribution in [3.8, 4) is 0 Å². The maximum absolute atomic E-state index is 9.98. The topological polar surface area (TPSA) is 50.7 Å². The lowest BCUT2D eigenvalue weighted by Crippen LogP contribution is -2.22. The van der Waals surface area contributed by atoms with Crippen LogP contribution < -0.4 is 5.48 Å². The summed E-state index contributed by atoms with van der Waals surface area (Å²) in [5.74, 6) is 0. The van der Waals surface area contributed by atoms with Crippen molar-refractivity contribution in [2.75, 3.05) is 5.48 Å².